The number of aliphatic hydroxyl groups is 1. The SMILES string of the molecule is COC(=O)CCCCC(O)CN. The highest BCUT2D eigenvalue weighted by Crippen LogP contribution is 2.03. The van der Waals surface area contributed by atoms with Gasteiger partial charge in [-0.2, -0.15) is 0 Å². The maximum atomic E-state index is 10.6. The van der Waals surface area contributed by atoms with Crippen LogP contribution in [0.1, 0.15) is 25.7 Å². The molecule has 0 aromatic heterocycles. The Kier molecular flexibility index (Phi) is 6.70. The first-order valence-corrected chi connectivity index (χ1v) is 4.15. The molecule has 0 fully saturated rings. The van der Waals surface area contributed by atoms with Crippen molar-refractivity contribution >= 4 is 5.97 Å². The molecule has 0 aliphatic heterocycles. The summed E-state index contributed by atoms with van der Waals surface area (Å²) in [4.78, 5) is 10.6. The van der Waals surface area contributed by atoms with Crippen molar-refractivity contribution < 1.29 is 14.6 Å². The fourth-order valence-electron chi connectivity index (χ4n) is 0.869. The first-order chi connectivity index (χ1) is 5.70. The Morgan fingerprint density at radius 1 is 1.58 bits per heavy atom. The summed E-state index contributed by atoms with van der Waals surface area (Å²) < 4.78 is 4.46. The van der Waals surface area contributed by atoms with Crippen LogP contribution < -0.4 is 5.73 Å². The molecule has 4 nitrogen and oxygen atoms in total. The highest BCUT2D eigenvalue weighted by atomic mass is 16.5. The number of methoxy groups -OCH3 is 1. The van der Waals surface area contributed by atoms with Crippen molar-refractivity contribution in [2.24, 2.45) is 5.73 Å². The third-order valence-electron chi connectivity index (χ3n) is 1.67. The predicted octanol–water partition coefficient (Wildman–Crippen LogP) is 0.0394. The topological polar surface area (TPSA) is 72.5 Å². The molecule has 0 spiro atoms. The second-order valence-electron chi connectivity index (χ2n) is 2.71. The number of carbonyl (C=O) groups is 1. The summed E-state index contributed by atoms with van der Waals surface area (Å²) >= 11 is 0. The number of rotatable bonds is 6. The predicted molar refractivity (Wildman–Crippen MR) is 45.5 cm³/mol. The van der Waals surface area contributed by atoms with Crippen LogP contribution in [0.5, 0.6) is 0 Å². The van der Waals surface area contributed by atoms with E-state index in [0.717, 1.165) is 12.8 Å². The first-order valence-electron chi connectivity index (χ1n) is 4.15. The summed E-state index contributed by atoms with van der Waals surface area (Å²) in [7, 11) is 1.37. The second kappa shape index (κ2) is 7.06. The van der Waals surface area contributed by atoms with Crippen LogP contribution in [0.3, 0.4) is 0 Å². The van der Waals surface area contributed by atoms with Crippen LogP contribution in [0.25, 0.3) is 0 Å². The van der Waals surface area contributed by atoms with Crippen LogP contribution in [0.2, 0.25) is 0 Å². The average Bonchev–Trinajstić information content (AvgIpc) is 2.11. The van der Waals surface area contributed by atoms with Gasteiger partial charge in [-0.25, -0.2) is 0 Å². The number of hydrogen-bond acceptors (Lipinski definition) is 4. The summed E-state index contributed by atoms with van der Waals surface area (Å²) in [5.74, 6) is -0.197. The fraction of sp³-hybridized carbons (Fsp3) is 0.875. The van der Waals surface area contributed by atoms with Crippen molar-refractivity contribution in [2.75, 3.05) is 13.7 Å². The Labute approximate surface area is 72.7 Å². The Hall–Kier alpha value is -0.610. The van der Waals surface area contributed by atoms with Gasteiger partial charge in [-0.1, -0.05) is 6.42 Å². The quantitative estimate of drug-likeness (QED) is 0.441. The van der Waals surface area contributed by atoms with Gasteiger partial charge in [-0.15, -0.1) is 0 Å². The van der Waals surface area contributed by atoms with Gasteiger partial charge in [-0.05, 0) is 12.8 Å². The molecular formula is C8H17NO3. The smallest absolute Gasteiger partial charge is 0.305 e. The van der Waals surface area contributed by atoms with Gasteiger partial charge in [0.1, 0.15) is 0 Å². The van der Waals surface area contributed by atoms with E-state index in [1.54, 1.807) is 0 Å². The van der Waals surface area contributed by atoms with E-state index < -0.39 is 6.10 Å². The van der Waals surface area contributed by atoms with Crippen molar-refractivity contribution in [3.63, 3.8) is 0 Å². The Balaban J connectivity index is 3.15. The summed E-state index contributed by atoms with van der Waals surface area (Å²) in [6.07, 6.45) is 2.22. The lowest BCUT2D eigenvalue weighted by Crippen LogP contribution is -2.19. The van der Waals surface area contributed by atoms with Crippen LogP contribution in [-0.2, 0) is 9.53 Å². The van der Waals surface area contributed by atoms with Crippen LogP contribution in [0, 0.1) is 0 Å². The van der Waals surface area contributed by atoms with E-state index >= 15 is 0 Å². The maximum Gasteiger partial charge on any atom is 0.305 e. The highest BCUT2D eigenvalue weighted by molar-refractivity contribution is 5.68. The van der Waals surface area contributed by atoms with Crippen molar-refractivity contribution in [3.05, 3.63) is 0 Å². The minimum Gasteiger partial charge on any atom is -0.469 e. The molecule has 3 N–H and O–H groups in total. The molecule has 0 radical (unpaired) electrons. The number of nitrogens with two attached hydrogens (primary N) is 1. The summed E-state index contributed by atoms with van der Waals surface area (Å²) in [6.45, 7) is 0.290. The van der Waals surface area contributed by atoms with Crippen molar-refractivity contribution in [2.45, 2.75) is 31.8 Å². The normalized spacial score (nSPS) is 12.6. The molecule has 0 aromatic carbocycles. The van der Waals surface area contributed by atoms with Gasteiger partial charge < -0.3 is 15.6 Å². The Morgan fingerprint density at radius 2 is 2.25 bits per heavy atom. The van der Waals surface area contributed by atoms with E-state index in [2.05, 4.69) is 4.74 Å². The Bertz CT molecular complexity index is 127. The standard InChI is InChI=1S/C8H17NO3/c1-12-8(11)5-3-2-4-7(10)6-9/h7,10H,2-6,9H2,1H3. The summed E-state index contributed by atoms with van der Waals surface area (Å²) in [5, 5.41) is 9.04. The van der Waals surface area contributed by atoms with Crippen LogP contribution >= 0.6 is 0 Å². The van der Waals surface area contributed by atoms with Crippen LogP contribution in [-0.4, -0.2) is 30.8 Å². The van der Waals surface area contributed by atoms with Gasteiger partial charge in [0, 0.05) is 13.0 Å². The monoisotopic (exact) mass is 175 g/mol. The molecule has 1 unspecified atom stereocenters. The molecule has 12 heavy (non-hydrogen) atoms. The number of unbranched alkanes of at least 4 members (excludes halogenated alkanes) is 1. The van der Waals surface area contributed by atoms with E-state index in [-0.39, 0.29) is 12.5 Å². The molecule has 0 rings (SSSR count). The molecule has 0 bridgehead atoms. The maximum absolute atomic E-state index is 10.6. The molecule has 72 valence electrons. The molecule has 0 saturated carbocycles. The van der Waals surface area contributed by atoms with E-state index in [1.807, 2.05) is 0 Å². The van der Waals surface area contributed by atoms with Crippen molar-refractivity contribution in [1.29, 1.82) is 0 Å². The zero-order valence-electron chi connectivity index (χ0n) is 7.45. The van der Waals surface area contributed by atoms with Crippen LogP contribution in [0.15, 0.2) is 0 Å². The third-order valence-corrected chi connectivity index (χ3v) is 1.67. The number of ether oxygens (including phenoxy) is 1. The van der Waals surface area contributed by atoms with Gasteiger partial charge in [0.25, 0.3) is 0 Å². The fourth-order valence-corrected chi connectivity index (χ4v) is 0.869. The number of hydrogen-bond donors (Lipinski definition) is 2. The Morgan fingerprint density at radius 3 is 2.75 bits per heavy atom. The van der Waals surface area contributed by atoms with Gasteiger partial charge in [0.2, 0.25) is 0 Å². The largest absolute Gasteiger partial charge is 0.469 e. The molecular weight excluding hydrogens is 158 g/mol. The van der Waals surface area contributed by atoms with Gasteiger partial charge in [0.15, 0.2) is 0 Å². The minimum atomic E-state index is -0.428. The zero-order valence-corrected chi connectivity index (χ0v) is 7.45. The molecule has 0 aliphatic rings. The van der Waals surface area contributed by atoms with Crippen molar-refractivity contribution in [3.8, 4) is 0 Å². The summed E-state index contributed by atoms with van der Waals surface area (Å²) in [6, 6.07) is 0. The molecule has 0 heterocycles. The second-order valence-corrected chi connectivity index (χ2v) is 2.71. The van der Waals surface area contributed by atoms with Gasteiger partial charge >= 0.3 is 5.97 Å². The highest BCUT2D eigenvalue weighted by Gasteiger charge is 2.02. The third kappa shape index (κ3) is 6.12. The number of esters is 1. The summed E-state index contributed by atoms with van der Waals surface area (Å²) in [5.41, 5.74) is 5.20. The molecule has 0 amide bonds. The lowest BCUT2D eigenvalue weighted by Gasteiger charge is -2.05. The van der Waals surface area contributed by atoms with E-state index in [9.17, 15) is 4.79 Å². The van der Waals surface area contributed by atoms with Crippen molar-refractivity contribution in [1.82, 2.24) is 0 Å². The first kappa shape index (κ1) is 11.4. The molecule has 4 heteroatoms. The number of aliphatic hydroxyl groups excluding tert-OH is 1. The molecule has 0 saturated heterocycles. The van der Waals surface area contributed by atoms with Gasteiger partial charge in [-0.3, -0.25) is 4.79 Å². The lowest BCUT2D eigenvalue weighted by atomic mass is 10.1. The molecule has 1 atom stereocenters. The van der Waals surface area contributed by atoms with E-state index in [0.29, 0.717) is 12.8 Å². The van der Waals surface area contributed by atoms with E-state index in [4.69, 9.17) is 10.8 Å². The zero-order chi connectivity index (χ0) is 9.40. The lowest BCUT2D eigenvalue weighted by molar-refractivity contribution is -0.140. The molecule has 0 aliphatic carbocycles. The molecule has 0 aromatic rings. The number of carbonyl (C=O) groups excluding carboxylic acids is 1. The van der Waals surface area contributed by atoms with Crippen LogP contribution in [0.4, 0.5) is 0 Å². The van der Waals surface area contributed by atoms with Gasteiger partial charge in [0.05, 0.1) is 13.2 Å². The van der Waals surface area contributed by atoms with E-state index in [1.165, 1.54) is 7.11 Å². The average molecular weight is 175 g/mol. The minimum absolute atomic E-state index is 0.197.